The van der Waals surface area contributed by atoms with Crippen molar-refractivity contribution in [3.63, 3.8) is 0 Å². The highest BCUT2D eigenvalue weighted by Crippen LogP contribution is 2.49. The fourth-order valence-electron chi connectivity index (χ4n) is 7.93. The smallest absolute Gasteiger partial charge is 0.145 e. The first-order valence-corrected chi connectivity index (χ1v) is 19.1. The van der Waals surface area contributed by atoms with Crippen LogP contribution in [-0.4, -0.2) is 0 Å². The van der Waals surface area contributed by atoms with Gasteiger partial charge in [-0.25, -0.2) is 0 Å². The van der Waals surface area contributed by atoms with Crippen LogP contribution in [0.15, 0.2) is 229 Å². The van der Waals surface area contributed by atoms with E-state index in [9.17, 15) is 0 Å². The van der Waals surface area contributed by atoms with Gasteiger partial charge in [-0.1, -0.05) is 182 Å². The normalized spacial score (nSPS) is 11.2. The zero-order valence-electron chi connectivity index (χ0n) is 30.7. The Bertz CT molecular complexity index is 2920. The van der Waals surface area contributed by atoms with Gasteiger partial charge in [0.15, 0.2) is 0 Å². The lowest BCUT2D eigenvalue weighted by Crippen LogP contribution is -2.12. The molecule has 0 aliphatic rings. The fourth-order valence-corrected chi connectivity index (χ4v) is 7.93. The first-order chi connectivity index (χ1) is 27.8. The summed E-state index contributed by atoms with van der Waals surface area (Å²) >= 11 is 0. The summed E-state index contributed by atoms with van der Waals surface area (Å²) in [4.78, 5) is 2.42. The average Bonchev–Trinajstić information content (AvgIpc) is 3.68. The molecule has 0 saturated carbocycles. The van der Waals surface area contributed by atoms with Gasteiger partial charge in [0.25, 0.3) is 0 Å². The third kappa shape index (κ3) is 6.14. The summed E-state index contributed by atoms with van der Waals surface area (Å²) < 4.78 is 6.78. The number of hydrogen-bond acceptors (Lipinski definition) is 2. The average molecular weight is 716 g/mol. The van der Waals surface area contributed by atoms with Gasteiger partial charge in [-0.15, -0.1) is 0 Å². The van der Waals surface area contributed by atoms with Gasteiger partial charge in [0.05, 0.1) is 16.8 Å². The molecule has 0 unspecified atom stereocenters. The lowest BCUT2D eigenvalue weighted by molar-refractivity contribution is 0.670. The van der Waals surface area contributed by atoms with Crippen molar-refractivity contribution in [3.8, 4) is 55.6 Å². The van der Waals surface area contributed by atoms with Crippen molar-refractivity contribution in [2.75, 3.05) is 4.90 Å². The lowest BCUT2D eigenvalue weighted by Gasteiger charge is -2.29. The van der Waals surface area contributed by atoms with E-state index in [0.717, 1.165) is 66.8 Å². The van der Waals surface area contributed by atoms with Gasteiger partial charge in [0, 0.05) is 22.2 Å². The standard InChI is InChI=1S/C54H37NO/c1-5-15-38(16-6-1)40-25-27-41(28-26-40)42-29-32-46(33-30-42)55(50-35-31-45(39-17-7-2-8-18-39)37-49(50)44-21-11-4-12-22-44)51-36-34-47(43-19-9-3-10-20-43)54-53(51)48-23-13-14-24-52(48)56-54/h1-37H. The van der Waals surface area contributed by atoms with E-state index in [0.29, 0.717) is 0 Å². The molecule has 0 atom stereocenters. The zero-order chi connectivity index (χ0) is 37.3. The Labute approximate surface area is 327 Å². The first kappa shape index (κ1) is 33.2. The Morgan fingerprint density at radius 3 is 1.32 bits per heavy atom. The summed E-state index contributed by atoms with van der Waals surface area (Å²) in [6.45, 7) is 0. The molecule has 10 aromatic rings. The molecule has 0 radical (unpaired) electrons. The number of anilines is 3. The monoisotopic (exact) mass is 715 g/mol. The highest BCUT2D eigenvalue weighted by Gasteiger charge is 2.24. The molecule has 0 amide bonds. The molecule has 9 aromatic carbocycles. The van der Waals surface area contributed by atoms with Crippen molar-refractivity contribution in [3.05, 3.63) is 224 Å². The maximum Gasteiger partial charge on any atom is 0.145 e. The van der Waals surface area contributed by atoms with Gasteiger partial charge in [-0.2, -0.15) is 0 Å². The van der Waals surface area contributed by atoms with Gasteiger partial charge < -0.3 is 9.32 Å². The second-order valence-electron chi connectivity index (χ2n) is 14.1. The van der Waals surface area contributed by atoms with Gasteiger partial charge in [-0.05, 0) is 87.0 Å². The van der Waals surface area contributed by atoms with Crippen LogP contribution in [0.3, 0.4) is 0 Å². The van der Waals surface area contributed by atoms with E-state index in [1.54, 1.807) is 0 Å². The summed E-state index contributed by atoms with van der Waals surface area (Å²) in [5.41, 5.74) is 16.5. The summed E-state index contributed by atoms with van der Waals surface area (Å²) in [6.07, 6.45) is 0. The molecule has 0 fully saturated rings. The van der Waals surface area contributed by atoms with Crippen LogP contribution in [0.4, 0.5) is 17.1 Å². The van der Waals surface area contributed by atoms with Crippen molar-refractivity contribution in [1.82, 2.24) is 0 Å². The molecule has 0 bridgehead atoms. The third-order valence-electron chi connectivity index (χ3n) is 10.7. The summed E-state index contributed by atoms with van der Waals surface area (Å²) in [5.74, 6) is 0. The van der Waals surface area contributed by atoms with Crippen molar-refractivity contribution in [1.29, 1.82) is 0 Å². The number of fused-ring (bicyclic) bond motifs is 3. The Kier molecular flexibility index (Phi) is 8.55. The topological polar surface area (TPSA) is 16.4 Å². The Hall–Kier alpha value is -7.42. The molecular weight excluding hydrogens is 679 g/mol. The SMILES string of the molecule is c1ccc(-c2ccc(-c3ccc(N(c4ccc(-c5ccccc5)cc4-c4ccccc4)c4ccc(-c5ccccc5)c5oc6ccccc6c45)cc3)cc2)cc1. The molecule has 264 valence electrons. The Morgan fingerprint density at radius 1 is 0.304 bits per heavy atom. The van der Waals surface area contributed by atoms with Crippen LogP contribution in [0.1, 0.15) is 0 Å². The predicted molar refractivity (Wildman–Crippen MR) is 236 cm³/mol. The molecule has 1 aromatic heterocycles. The van der Waals surface area contributed by atoms with Crippen LogP contribution >= 0.6 is 0 Å². The van der Waals surface area contributed by atoms with Crippen molar-refractivity contribution in [2.24, 2.45) is 0 Å². The summed E-state index contributed by atoms with van der Waals surface area (Å²) in [7, 11) is 0. The molecule has 0 aliphatic carbocycles. The summed E-state index contributed by atoms with van der Waals surface area (Å²) in [6, 6.07) is 80.0. The number of furan rings is 1. The van der Waals surface area contributed by atoms with E-state index < -0.39 is 0 Å². The first-order valence-electron chi connectivity index (χ1n) is 19.1. The van der Waals surface area contributed by atoms with Crippen molar-refractivity contribution in [2.45, 2.75) is 0 Å². The molecule has 10 rings (SSSR count). The molecule has 2 heteroatoms. The van der Waals surface area contributed by atoms with E-state index in [2.05, 4.69) is 223 Å². The van der Waals surface area contributed by atoms with Crippen LogP contribution in [0, 0.1) is 0 Å². The van der Waals surface area contributed by atoms with Gasteiger partial charge in [0.1, 0.15) is 11.2 Å². The minimum absolute atomic E-state index is 0.865. The van der Waals surface area contributed by atoms with Crippen LogP contribution < -0.4 is 4.90 Å². The molecule has 0 saturated heterocycles. The zero-order valence-corrected chi connectivity index (χ0v) is 30.7. The van der Waals surface area contributed by atoms with Crippen LogP contribution in [0.25, 0.3) is 77.6 Å². The van der Waals surface area contributed by atoms with Crippen molar-refractivity contribution >= 4 is 39.0 Å². The number of nitrogens with zero attached hydrogens (tertiary/aromatic N) is 1. The van der Waals surface area contributed by atoms with E-state index in [1.165, 1.54) is 27.8 Å². The number of para-hydroxylation sites is 1. The van der Waals surface area contributed by atoms with Crippen LogP contribution in [0.5, 0.6) is 0 Å². The Balaban J connectivity index is 1.19. The van der Waals surface area contributed by atoms with Gasteiger partial charge >= 0.3 is 0 Å². The van der Waals surface area contributed by atoms with Gasteiger partial charge in [-0.3, -0.25) is 0 Å². The van der Waals surface area contributed by atoms with E-state index in [4.69, 9.17) is 4.42 Å². The van der Waals surface area contributed by atoms with E-state index in [-0.39, 0.29) is 0 Å². The third-order valence-corrected chi connectivity index (χ3v) is 10.7. The maximum absolute atomic E-state index is 6.78. The second kappa shape index (κ2) is 14.4. The van der Waals surface area contributed by atoms with Gasteiger partial charge in [0.2, 0.25) is 0 Å². The quantitative estimate of drug-likeness (QED) is 0.156. The number of rotatable bonds is 8. The molecular formula is C54H37NO. The molecule has 0 aliphatic heterocycles. The second-order valence-corrected chi connectivity index (χ2v) is 14.1. The van der Waals surface area contributed by atoms with E-state index in [1.807, 2.05) is 6.07 Å². The van der Waals surface area contributed by atoms with Crippen molar-refractivity contribution < 1.29 is 4.42 Å². The minimum atomic E-state index is 0.865. The highest BCUT2D eigenvalue weighted by molar-refractivity contribution is 6.17. The van der Waals surface area contributed by atoms with Crippen LogP contribution in [0.2, 0.25) is 0 Å². The Morgan fingerprint density at radius 2 is 0.732 bits per heavy atom. The van der Waals surface area contributed by atoms with Crippen LogP contribution in [-0.2, 0) is 0 Å². The minimum Gasteiger partial charge on any atom is -0.455 e. The molecule has 0 N–H and O–H groups in total. The molecule has 0 spiro atoms. The number of benzene rings is 9. The predicted octanol–water partition coefficient (Wildman–Crippen LogP) is 15.4. The largest absolute Gasteiger partial charge is 0.455 e. The maximum atomic E-state index is 6.78. The molecule has 2 nitrogen and oxygen atoms in total. The van der Waals surface area contributed by atoms with E-state index >= 15 is 0 Å². The molecule has 1 heterocycles. The fraction of sp³-hybridized carbons (Fsp3) is 0. The summed E-state index contributed by atoms with van der Waals surface area (Å²) in [5, 5.41) is 2.16. The molecule has 56 heavy (non-hydrogen) atoms. The highest BCUT2D eigenvalue weighted by atomic mass is 16.3. The lowest BCUT2D eigenvalue weighted by atomic mass is 9.95. The number of hydrogen-bond donors (Lipinski definition) is 0.